The van der Waals surface area contributed by atoms with Gasteiger partial charge in [-0.25, -0.2) is 4.98 Å². The van der Waals surface area contributed by atoms with Gasteiger partial charge in [0.2, 0.25) is 5.95 Å². The number of aromatic nitrogens is 2. The summed E-state index contributed by atoms with van der Waals surface area (Å²) in [6, 6.07) is 0. The second-order valence-electron chi connectivity index (χ2n) is 2.64. The fourth-order valence-electron chi connectivity index (χ4n) is 1.11. The lowest BCUT2D eigenvalue weighted by Gasteiger charge is -2.04. The van der Waals surface area contributed by atoms with Crippen LogP contribution in [0.5, 0.6) is 0 Å². The highest BCUT2D eigenvalue weighted by Crippen LogP contribution is 2.08. The Balaban J connectivity index is 2.68. The Morgan fingerprint density at radius 2 is 2.42 bits per heavy atom. The van der Waals surface area contributed by atoms with E-state index in [-0.39, 0.29) is 0 Å². The lowest BCUT2D eigenvalue weighted by atomic mass is 10.6. The van der Waals surface area contributed by atoms with Crippen LogP contribution in [0.4, 0.5) is 5.95 Å². The quantitative estimate of drug-likeness (QED) is 0.772. The first-order valence-electron chi connectivity index (χ1n) is 3.98. The summed E-state index contributed by atoms with van der Waals surface area (Å²) in [7, 11) is 1.90. The fourth-order valence-corrected chi connectivity index (χ4v) is 1.49. The molecular weight excluding hydrogens is 170 g/mol. The Hall–Kier alpha value is -0.640. The van der Waals surface area contributed by atoms with Crippen LogP contribution in [0, 0.1) is 6.92 Å². The molecule has 1 aromatic heterocycles. The molecule has 0 aliphatic carbocycles. The molecule has 0 atom stereocenters. The van der Waals surface area contributed by atoms with Crippen molar-refractivity contribution in [3.8, 4) is 0 Å². The largest absolute Gasteiger partial charge is 0.359 e. The average Bonchev–Trinajstić information content (AvgIpc) is 2.42. The summed E-state index contributed by atoms with van der Waals surface area (Å²) in [5.74, 6) is 2.09. The number of hydrogen-bond acceptors (Lipinski definition) is 3. The van der Waals surface area contributed by atoms with Crippen LogP contribution in [0.1, 0.15) is 5.69 Å². The number of anilines is 1. The van der Waals surface area contributed by atoms with Crippen molar-refractivity contribution in [2.24, 2.45) is 0 Å². The number of nitrogens with one attached hydrogen (secondary N) is 1. The third-order valence-electron chi connectivity index (χ3n) is 1.66. The number of imidazole rings is 1. The highest BCUT2D eigenvalue weighted by atomic mass is 32.2. The predicted molar refractivity (Wildman–Crippen MR) is 54.9 cm³/mol. The third-order valence-corrected chi connectivity index (χ3v) is 2.25. The normalized spacial score (nSPS) is 10.2. The lowest BCUT2D eigenvalue weighted by molar-refractivity contribution is 0.778. The van der Waals surface area contributed by atoms with E-state index in [4.69, 9.17) is 0 Å². The number of nitrogens with zero attached hydrogens (tertiary/aromatic N) is 2. The zero-order chi connectivity index (χ0) is 8.97. The van der Waals surface area contributed by atoms with Crippen molar-refractivity contribution in [1.82, 2.24) is 9.55 Å². The lowest BCUT2D eigenvalue weighted by Crippen LogP contribution is -2.04. The van der Waals surface area contributed by atoms with Gasteiger partial charge in [0.15, 0.2) is 0 Å². The molecule has 1 rings (SSSR count). The molecule has 12 heavy (non-hydrogen) atoms. The summed E-state index contributed by atoms with van der Waals surface area (Å²) in [6.45, 7) is 3.04. The van der Waals surface area contributed by atoms with Crippen LogP contribution >= 0.6 is 11.8 Å². The van der Waals surface area contributed by atoms with Crippen LogP contribution in [0.15, 0.2) is 6.20 Å². The molecule has 0 bridgehead atoms. The summed E-state index contributed by atoms with van der Waals surface area (Å²) in [4.78, 5) is 4.32. The van der Waals surface area contributed by atoms with Crippen LogP contribution in [-0.2, 0) is 6.54 Å². The maximum Gasteiger partial charge on any atom is 0.202 e. The summed E-state index contributed by atoms with van der Waals surface area (Å²) in [5, 5.41) is 3.07. The third kappa shape index (κ3) is 2.17. The van der Waals surface area contributed by atoms with Gasteiger partial charge in [0.1, 0.15) is 0 Å². The highest BCUT2D eigenvalue weighted by Gasteiger charge is 2.01. The molecular formula is C8H15N3S. The van der Waals surface area contributed by atoms with E-state index in [2.05, 4.69) is 27.3 Å². The van der Waals surface area contributed by atoms with E-state index < -0.39 is 0 Å². The van der Waals surface area contributed by atoms with Gasteiger partial charge < -0.3 is 9.88 Å². The Bertz CT molecular complexity index is 244. The SMILES string of the molecule is CNc1nc(C)cn1CCSC. The van der Waals surface area contributed by atoms with E-state index in [1.165, 1.54) is 0 Å². The van der Waals surface area contributed by atoms with Gasteiger partial charge in [-0.15, -0.1) is 0 Å². The van der Waals surface area contributed by atoms with Gasteiger partial charge in [0.05, 0.1) is 5.69 Å². The molecule has 0 aromatic carbocycles. The Morgan fingerprint density at radius 1 is 1.67 bits per heavy atom. The van der Waals surface area contributed by atoms with Crippen LogP contribution in [0.3, 0.4) is 0 Å². The number of hydrogen-bond donors (Lipinski definition) is 1. The minimum atomic E-state index is 0.960. The van der Waals surface area contributed by atoms with Crippen molar-refractivity contribution in [3.05, 3.63) is 11.9 Å². The van der Waals surface area contributed by atoms with Crippen molar-refractivity contribution in [1.29, 1.82) is 0 Å². The highest BCUT2D eigenvalue weighted by molar-refractivity contribution is 7.98. The Kier molecular flexibility index (Phi) is 3.47. The van der Waals surface area contributed by atoms with Crippen molar-refractivity contribution in [2.75, 3.05) is 24.4 Å². The van der Waals surface area contributed by atoms with Crippen LogP contribution in [0.2, 0.25) is 0 Å². The standard InChI is InChI=1S/C8H15N3S/c1-7-6-11(4-5-12-3)8(9-2)10-7/h6H,4-5H2,1-3H3,(H,9,10). The van der Waals surface area contributed by atoms with Crippen LogP contribution < -0.4 is 5.32 Å². The molecule has 0 aliphatic heterocycles. The maximum atomic E-state index is 4.32. The van der Waals surface area contributed by atoms with Gasteiger partial charge in [0.25, 0.3) is 0 Å². The molecule has 4 heteroatoms. The first kappa shape index (κ1) is 9.45. The molecule has 1 aromatic rings. The summed E-state index contributed by atoms with van der Waals surface area (Å²) in [5.41, 5.74) is 1.07. The van der Waals surface area contributed by atoms with Gasteiger partial charge in [-0.2, -0.15) is 11.8 Å². The van der Waals surface area contributed by atoms with E-state index >= 15 is 0 Å². The van der Waals surface area contributed by atoms with Crippen LogP contribution in [0.25, 0.3) is 0 Å². The monoisotopic (exact) mass is 185 g/mol. The molecule has 0 fully saturated rings. The molecule has 1 heterocycles. The van der Waals surface area contributed by atoms with Gasteiger partial charge in [0, 0.05) is 25.5 Å². The second-order valence-corrected chi connectivity index (χ2v) is 3.63. The number of aryl methyl sites for hydroxylation is 2. The van der Waals surface area contributed by atoms with Gasteiger partial charge in [-0.05, 0) is 13.2 Å². The summed E-state index contributed by atoms with van der Waals surface area (Å²) >= 11 is 1.85. The number of thioether (sulfide) groups is 1. The zero-order valence-electron chi connectivity index (χ0n) is 7.79. The topological polar surface area (TPSA) is 29.9 Å². The van der Waals surface area contributed by atoms with Crippen LogP contribution in [-0.4, -0.2) is 28.6 Å². The molecule has 0 amide bonds. The molecule has 0 radical (unpaired) electrons. The Labute approximate surface area is 77.6 Å². The minimum absolute atomic E-state index is 0.960. The molecule has 0 spiro atoms. The van der Waals surface area contributed by atoms with Crippen molar-refractivity contribution in [2.45, 2.75) is 13.5 Å². The smallest absolute Gasteiger partial charge is 0.202 e. The molecule has 0 saturated carbocycles. The molecule has 0 unspecified atom stereocenters. The molecule has 1 N–H and O–H groups in total. The van der Waals surface area contributed by atoms with Gasteiger partial charge in [-0.1, -0.05) is 0 Å². The number of rotatable bonds is 4. The molecule has 68 valence electrons. The predicted octanol–water partition coefficient (Wildman–Crippen LogP) is 1.60. The van der Waals surface area contributed by atoms with Gasteiger partial charge in [-0.3, -0.25) is 0 Å². The average molecular weight is 185 g/mol. The molecule has 3 nitrogen and oxygen atoms in total. The van der Waals surface area contributed by atoms with Crippen molar-refractivity contribution < 1.29 is 0 Å². The minimum Gasteiger partial charge on any atom is -0.359 e. The van der Waals surface area contributed by atoms with E-state index in [1.54, 1.807) is 0 Å². The van der Waals surface area contributed by atoms with Crippen molar-refractivity contribution >= 4 is 17.7 Å². The van der Waals surface area contributed by atoms with E-state index in [1.807, 2.05) is 25.7 Å². The summed E-state index contributed by atoms with van der Waals surface area (Å²) in [6.07, 6.45) is 4.19. The molecule has 0 aliphatic rings. The first-order chi connectivity index (χ1) is 5.77. The van der Waals surface area contributed by atoms with E-state index in [0.29, 0.717) is 0 Å². The maximum absolute atomic E-state index is 4.32. The van der Waals surface area contributed by atoms with E-state index in [0.717, 1.165) is 23.9 Å². The van der Waals surface area contributed by atoms with Gasteiger partial charge >= 0.3 is 0 Å². The fraction of sp³-hybridized carbons (Fsp3) is 0.625. The molecule has 0 saturated heterocycles. The van der Waals surface area contributed by atoms with E-state index in [9.17, 15) is 0 Å². The zero-order valence-corrected chi connectivity index (χ0v) is 8.61. The second kappa shape index (κ2) is 4.40. The first-order valence-corrected chi connectivity index (χ1v) is 5.37. The summed E-state index contributed by atoms with van der Waals surface area (Å²) < 4.78 is 2.14. The van der Waals surface area contributed by atoms with Crippen molar-refractivity contribution in [3.63, 3.8) is 0 Å². The Morgan fingerprint density at radius 3 is 3.00 bits per heavy atom.